The summed E-state index contributed by atoms with van der Waals surface area (Å²) >= 11 is 0. The molecule has 2 aromatic carbocycles. The molecule has 0 saturated heterocycles. The predicted octanol–water partition coefficient (Wildman–Crippen LogP) is 1.87. The molecule has 1 unspecified atom stereocenters. The fourth-order valence-electron chi connectivity index (χ4n) is 3.75. The van der Waals surface area contributed by atoms with Gasteiger partial charge < -0.3 is 25.8 Å². The highest BCUT2D eigenvalue weighted by Crippen LogP contribution is 2.44. The van der Waals surface area contributed by atoms with Crippen molar-refractivity contribution >= 4 is 23.9 Å². The molecule has 4 N–H and O–H groups in total. The van der Waals surface area contributed by atoms with Crippen LogP contribution in [0.25, 0.3) is 11.1 Å². The number of nitrogens with one attached hydrogen (secondary N) is 3. The molecule has 3 rings (SSSR count). The van der Waals surface area contributed by atoms with Crippen LogP contribution in [0.15, 0.2) is 48.5 Å². The van der Waals surface area contributed by atoms with Crippen LogP contribution in [0.2, 0.25) is 0 Å². The van der Waals surface area contributed by atoms with Crippen LogP contribution in [0.1, 0.15) is 30.4 Å². The first-order valence-electron chi connectivity index (χ1n) is 10.7. The lowest BCUT2D eigenvalue weighted by Crippen LogP contribution is -2.41. The molecule has 0 heterocycles. The minimum Gasteiger partial charge on any atom is -0.480 e. The molecular formula is C24H27N3O6. The Hall–Kier alpha value is -3.88. The largest absolute Gasteiger partial charge is 0.480 e. The number of benzene rings is 2. The average molecular weight is 453 g/mol. The predicted molar refractivity (Wildman–Crippen MR) is 121 cm³/mol. The highest BCUT2D eigenvalue weighted by Gasteiger charge is 2.29. The van der Waals surface area contributed by atoms with Crippen LogP contribution in [0, 0.1) is 5.92 Å². The Morgan fingerprint density at radius 1 is 0.909 bits per heavy atom. The van der Waals surface area contributed by atoms with Gasteiger partial charge >= 0.3 is 12.1 Å². The van der Waals surface area contributed by atoms with Crippen molar-refractivity contribution in [3.8, 4) is 11.1 Å². The number of carbonyl (C=O) groups is 4. The zero-order valence-electron chi connectivity index (χ0n) is 18.3. The fourth-order valence-corrected chi connectivity index (χ4v) is 3.75. The molecule has 0 bridgehead atoms. The van der Waals surface area contributed by atoms with Gasteiger partial charge in [-0.25, -0.2) is 4.79 Å². The Balaban J connectivity index is 1.39. The number of aliphatic carboxylic acids is 1. The maximum Gasteiger partial charge on any atom is 0.407 e. The van der Waals surface area contributed by atoms with E-state index in [1.165, 1.54) is 0 Å². The molecule has 0 aromatic heterocycles. The maximum atomic E-state index is 12.2. The summed E-state index contributed by atoms with van der Waals surface area (Å²) in [6.07, 6.45) is -0.204. The number of fused-ring (bicyclic) bond motifs is 3. The summed E-state index contributed by atoms with van der Waals surface area (Å²) in [7, 11) is 0. The zero-order valence-corrected chi connectivity index (χ0v) is 18.3. The van der Waals surface area contributed by atoms with Crippen LogP contribution in [0.5, 0.6) is 0 Å². The maximum absolute atomic E-state index is 12.2. The van der Waals surface area contributed by atoms with Crippen LogP contribution in [0.3, 0.4) is 0 Å². The Labute approximate surface area is 191 Å². The summed E-state index contributed by atoms with van der Waals surface area (Å²) in [6, 6.07) is 16.1. The van der Waals surface area contributed by atoms with Crippen molar-refractivity contribution in [2.45, 2.75) is 19.3 Å². The third kappa shape index (κ3) is 6.31. The van der Waals surface area contributed by atoms with E-state index in [0.29, 0.717) is 6.42 Å². The van der Waals surface area contributed by atoms with E-state index in [0.717, 1.165) is 22.3 Å². The van der Waals surface area contributed by atoms with E-state index in [9.17, 15) is 19.2 Å². The number of carboxylic acids is 1. The number of rotatable bonds is 10. The number of carbonyl (C=O) groups excluding carboxylic acids is 3. The van der Waals surface area contributed by atoms with Gasteiger partial charge in [-0.1, -0.05) is 55.5 Å². The number of alkyl carbamates (subject to hydrolysis) is 1. The topological polar surface area (TPSA) is 134 Å². The van der Waals surface area contributed by atoms with Gasteiger partial charge in [0.2, 0.25) is 11.8 Å². The molecule has 33 heavy (non-hydrogen) atoms. The molecule has 1 atom stereocenters. The third-order valence-electron chi connectivity index (χ3n) is 5.50. The van der Waals surface area contributed by atoms with Crippen molar-refractivity contribution in [1.82, 2.24) is 16.0 Å². The second-order valence-corrected chi connectivity index (χ2v) is 7.83. The highest BCUT2D eigenvalue weighted by molar-refractivity contribution is 5.87. The van der Waals surface area contributed by atoms with E-state index >= 15 is 0 Å². The highest BCUT2D eigenvalue weighted by atomic mass is 16.5. The minimum absolute atomic E-state index is 0.0277. The summed E-state index contributed by atoms with van der Waals surface area (Å²) in [4.78, 5) is 46.1. The number of amides is 3. The summed E-state index contributed by atoms with van der Waals surface area (Å²) in [5.41, 5.74) is 4.56. The number of hydrogen-bond donors (Lipinski definition) is 4. The second-order valence-electron chi connectivity index (χ2n) is 7.83. The van der Waals surface area contributed by atoms with E-state index < -0.39 is 30.4 Å². The summed E-state index contributed by atoms with van der Waals surface area (Å²) in [5, 5.41) is 15.8. The van der Waals surface area contributed by atoms with Crippen molar-refractivity contribution in [2.75, 3.05) is 26.2 Å². The molecule has 3 amide bonds. The summed E-state index contributed by atoms with van der Waals surface area (Å²) < 4.78 is 5.46. The van der Waals surface area contributed by atoms with Gasteiger partial charge in [0.1, 0.15) is 13.2 Å². The summed E-state index contributed by atoms with van der Waals surface area (Å²) in [5.74, 6) is -2.60. The minimum atomic E-state index is -1.16. The fraction of sp³-hybridized carbons (Fsp3) is 0.333. The van der Waals surface area contributed by atoms with E-state index in [4.69, 9.17) is 9.84 Å². The van der Waals surface area contributed by atoms with Crippen molar-refractivity contribution in [3.05, 3.63) is 59.7 Å². The van der Waals surface area contributed by atoms with E-state index in [1.54, 1.807) is 6.92 Å². The lowest BCUT2D eigenvalue weighted by Gasteiger charge is -2.15. The van der Waals surface area contributed by atoms with Crippen molar-refractivity contribution in [3.63, 3.8) is 0 Å². The van der Waals surface area contributed by atoms with Gasteiger partial charge in [-0.15, -0.1) is 0 Å². The number of hydrogen-bond acceptors (Lipinski definition) is 5. The van der Waals surface area contributed by atoms with Gasteiger partial charge in [-0.3, -0.25) is 14.4 Å². The van der Waals surface area contributed by atoms with Crippen LogP contribution in [0.4, 0.5) is 4.79 Å². The average Bonchev–Trinajstić information content (AvgIpc) is 3.13. The monoisotopic (exact) mass is 453 g/mol. The molecule has 9 nitrogen and oxygen atoms in total. The first kappa shape index (κ1) is 23.8. The SMILES string of the molecule is CC(CCNC(=O)OCC1c2ccccc2-c2ccccc21)C(=O)NCC(=O)NCC(=O)O. The molecule has 0 saturated carbocycles. The third-order valence-corrected chi connectivity index (χ3v) is 5.50. The molecule has 0 spiro atoms. The molecule has 1 aliphatic rings. The first-order chi connectivity index (χ1) is 15.9. The lowest BCUT2D eigenvalue weighted by molar-refractivity contribution is -0.137. The normalized spacial score (nSPS) is 12.8. The molecule has 1 aliphatic carbocycles. The first-order valence-corrected chi connectivity index (χ1v) is 10.7. The second kappa shape index (κ2) is 11.1. The number of carboxylic acid groups (broad SMARTS) is 1. The Morgan fingerprint density at radius 3 is 2.12 bits per heavy atom. The van der Waals surface area contributed by atoms with Crippen LogP contribution in [-0.2, 0) is 19.1 Å². The summed E-state index contributed by atoms with van der Waals surface area (Å²) in [6.45, 7) is 1.30. The van der Waals surface area contributed by atoms with Crippen LogP contribution < -0.4 is 16.0 Å². The lowest BCUT2D eigenvalue weighted by atomic mass is 9.98. The van der Waals surface area contributed by atoms with Crippen molar-refractivity contribution in [2.24, 2.45) is 5.92 Å². The molecular weight excluding hydrogens is 426 g/mol. The molecule has 174 valence electrons. The molecule has 0 aliphatic heterocycles. The van der Waals surface area contributed by atoms with Crippen LogP contribution >= 0.6 is 0 Å². The van der Waals surface area contributed by atoms with E-state index in [2.05, 4.69) is 28.1 Å². The van der Waals surface area contributed by atoms with E-state index in [-0.39, 0.29) is 31.5 Å². The Bertz CT molecular complexity index is 993. The van der Waals surface area contributed by atoms with Gasteiger partial charge in [0, 0.05) is 18.4 Å². The quantitative estimate of drug-likeness (QED) is 0.434. The number of ether oxygens (including phenoxy) is 1. The van der Waals surface area contributed by atoms with Crippen LogP contribution in [-0.4, -0.2) is 55.2 Å². The van der Waals surface area contributed by atoms with E-state index in [1.807, 2.05) is 36.4 Å². The molecule has 0 radical (unpaired) electrons. The van der Waals surface area contributed by atoms with Gasteiger partial charge in [0.05, 0.1) is 6.54 Å². The van der Waals surface area contributed by atoms with Gasteiger partial charge in [0.25, 0.3) is 0 Å². The molecule has 0 fully saturated rings. The molecule has 9 heteroatoms. The van der Waals surface area contributed by atoms with Crippen molar-refractivity contribution in [1.29, 1.82) is 0 Å². The Kier molecular flexibility index (Phi) is 8.01. The smallest absolute Gasteiger partial charge is 0.407 e. The van der Waals surface area contributed by atoms with Gasteiger partial charge in [-0.2, -0.15) is 0 Å². The zero-order chi connectivity index (χ0) is 23.8. The molecule has 2 aromatic rings. The van der Waals surface area contributed by atoms with Gasteiger partial charge in [0.15, 0.2) is 0 Å². The van der Waals surface area contributed by atoms with Gasteiger partial charge in [-0.05, 0) is 28.7 Å². The van der Waals surface area contributed by atoms with Crippen molar-refractivity contribution < 1.29 is 29.0 Å². The Morgan fingerprint density at radius 2 is 1.52 bits per heavy atom. The standard InChI is InChI=1S/C24H27N3O6/c1-15(23(31)27-12-21(28)26-13-22(29)30)10-11-25-24(32)33-14-20-18-8-4-2-6-16(18)17-7-3-5-9-19(17)20/h2-9,15,20H,10-14H2,1H3,(H,25,32)(H,26,28)(H,27,31)(H,29,30).